The molecular formula is C20H31N3O2. The van der Waals surface area contributed by atoms with Crippen LogP contribution in [-0.4, -0.2) is 73.7 Å². The minimum Gasteiger partial charge on any atom is -0.396 e. The molecule has 1 aromatic carbocycles. The molecule has 138 valence electrons. The highest BCUT2D eigenvalue weighted by molar-refractivity contribution is 6.00. The Balaban J connectivity index is 1.75. The van der Waals surface area contributed by atoms with Crippen molar-refractivity contribution in [2.75, 3.05) is 57.8 Å². The molecule has 1 aromatic rings. The van der Waals surface area contributed by atoms with Crippen molar-refractivity contribution < 1.29 is 9.90 Å². The van der Waals surface area contributed by atoms with Gasteiger partial charge in [-0.3, -0.25) is 4.79 Å². The highest BCUT2D eigenvalue weighted by Crippen LogP contribution is 2.29. The van der Waals surface area contributed by atoms with E-state index in [2.05, 4.69) is 29.8 Å². The number of rotatable bonds is 6. The van der Waals surface area contributed by atoms with Gasteiger partial charge in [0.15, 0.2) is 0 Å². The van der Waals surface area contributed by atoms with Crippen LogP contribution in [0.2, 0.25) is 0 Å². The van der Waals surface area contributed by atoms with Crippen molar-refractivity contribution in [2.24, 2.45) is 11.8 Å². The summed E-state index contributed by atoms with van der Waals surface area (Å²) in [5.74, 6) is 0.636. The fraction of sp³-hybridized carbons (Fsp3) is 0.650. The van der Waals surface area contributed by atoms with Crippen molar-refractivity contribution in [2.45, 2.75) is 19.8 Å². The van der Waals surface area contributed by atoms with Crippen molar-refractivity contribution >= 4 is 11.6 Å². The predicted octanol–water partition coefficient (Wildman–Crippen LogP) is 1.92. The minimum absolute atomic E-state index is 0.114. The highest BCUT2D eigenvalue weighted by atomic mass is 16.3. The first-order valence-corrected chi connectivity index (χ1v) is 9.56. The third-order valence-corrected chi connectivity index (χ3v) is 5.77. The number of amides is 1. The number of benzene rings is 1. The van der Waals surface area contributed by atoms with E-state index in [1.807, 2.05) is 23.1 Å². The number of carbonyl (C=O) groups is 1. The molecule has 1 N–H and O–H groups in total. The molecule has 2 heterocycles. The summed E-state index contributed by atoms with van der Waals surface area (Å²) in [6, 6.07) is 7.99. The zero-order valence-corrected chi connectivity index (χ0v) is 15.5. The predicted molar refractivity (Wildman–Crippen MR) is 101 cm³/mol. The van der Waals surface area contributed by atoms with E-state index in [0.29, 0.717) is 12.5 Å². The molecule has 25 heavy (non-hydrogen) atoms. The lowest BCUT2D eigenvalue weighted by atomic mass is 9.96. The molecule has 0 aliphatic carbocycles. The van der Waals surface area contributed by atoms with Crippen LogP contribution in [-0.2, 0) is 0 Å². The number of hydrogen-bond acceptors (Lipinski definition) is 4. The van der Waals surface area contributed by atoms with Gasteiger partial charge in [0.1, 0.15) is 0 Å². The van der Waals surface area contributed by atoms with E-state index in [0.717, 1.165) is 44.0 Å². The standard InChI is InChI=1S/C20H31N3O2/c1-3-21(2)12-16-13-23(14-17(16)15-24)20(25)18-8-4-5-9-19(18)22-10-6-7-11-22/h4-5,8-9,16-17,24H,3,6-7,10-15H2,1-2H3/t16-,17-/m1/s1. The normalized spacial score (nSPS) is 23.7. The molecule has 3 rings (SSSR count). The first kappa shape index (κ1) is 18.2. The van der Waals surface area contributed by atoms with Crippen LogP contribution in [0, 0.1) is 11.8 Å². The molecule has 5 nitrogen and oxygen atoms in total. The summed E-state index contributed by atoms with van der Waals surface area (Å²) >= 11 is 0. The molecule has 2 aliphatic rings. The molecule has 2 fully saturated rings. The van der Waals surface area contributed by atoms with Crippen LogP contribution in [0.5, 0.6) is 0 Å². The molecular weight excluding hydrogens is 314 g/mol. The van der Waals surface area contributed by atoms with E-state index in [9.17, 15) is 9.90 Å². The molecule has 0 unspecified atom stereocenters. The maximum atomic E-state index is 13.2. The van der Waals surface area contributed by atoms with Crippen LogP contribution in [0.15, 0.2) is 24.3 Å². The van der Waals surface area contributed by atoms with Crippen molar-refractivity contribution in [3.05, 3.63) is 29.8 Å². The van der Waals surface area contributed by atoms with Crippen LogP contribution in [0.4, 0.5) is 5.69 Å². The van der Waals surface area contributed by atoms with Gasteiger partial charge in [0.2, 0.25) is 0 Å². The Kier molecular flexibility index (Phi) is 5.97. The zero-order chi connectivity index (χ0) is 17.8. The summed E-state index contributed by atoms with van der Waals surface area (Å²) in [5, 5.41) is 9.75. The van der Waals surface area contributed by atoms with Crippen LogP contribution >= 0.6 is 0 Å². The monoisotopic (exact) mass is 345 g/mol. The third-order valence-electron chi connectivity index (χ3n) is 5.77. The molecule has 5 heteroatoms. The fourth-order valence-corrected chi connectivity index (χ4v) is 4.11. The summed E-state index contributed by atoms with van der Waals surface area (Å²) in [7, 11) is 2.10. The average Bonchev–Trinajstić information content (AvgIpc) is 3.30. The number of para-hydroxylation sites is 1. The molecule has 1 amide bonds. The first-order valence-electron chi connectivity index (χ1n) is 9.56. The SMILES string of the molecule is CCN(C)C[C@@H]1CN(C(=O)c2ccccc2N2CCCC2)C[C@@H]1CO. The number of aliphatic hydroxyl groups excluding tert-OH is 1. The average molecular weight is 345 g/mol. The summed E-state index contributed by atoms with van der Waals surface area (Å²) in [6.45, 7) is 7.67. The van der Waals surface area contributed by atoms with Gasteiger partial charge in [-0.15, -0.1) is 0 Å². The van der Waals surface area contributed by atoms with Gasteiger partial charge in [-0.05, 0) is 44.5 Å². The maximum Gasteiger partial charge on any atom is 0.255 e. The molecule has 0 bridgehead atoms. The lowest BCUT2D eigenvalue weighted by Gasteiger charge is -2.24. The van der Waals surface area contributed by atoms with Gasteiger partial charge in [0.05, 0.1) is 5.56 Å². The van der Waals surface area contributed by atoms with Gasteiger partial charge in [0.25, 0.3) is 5.91 Å². The van der Waals surface area contributed by atoms with E-state index in [1.54, 1.807) is 0 Å². The van der Waals surface area contributed by atoms with Crippen molar-refractivity contribution in [1.82, 2.24) is 9.80 Å². The van der Waals surface area contributed by atoms with Gasteiger partial charge in [-0.2, -0.15) is 0 Å². The Morgan fingerprint density at radius 2 is 1.88 bits per heavy atom. The summed E-state index contributed by atoms with van der Waals surface area (Å²) < 4.78 is 0. The molecule has 0 saturated carbocycles. The van der Waals surface area contributed by atoms with Crippen molar-refractivity contribution in [1.29, 1.82) is 0 Å². The molecule has 2 atom stereocenters. The second-order valence-corrected chi connectivity index (χ2v) is 7.48. The number of hydrogen-bond donors (Lipinski definition) is 1. The third kappa shape index (κ3) is 3.98. The second kappa shape index (κ2) is 8.19. The quantitative estimate of drug-likeness (QED) is 0.856. The number of anilines is 1. The minimum atomic E-state index is 0.114. The van der Waals surface area contributed by atoms with Gasteiger partial charge >= 0.3 is 0 Å². The molecule has 0 radical (unpaired) electrons. The molecule has 2 aliphatic heterocycles. The Morgan fingerprint density at radius 3 is 2.56 bits per heavy atom. The zero-order valence-electron chi connectivity index (χ0n) is 15.5. The second-order valence-electron chi connectivity index (χ2n) is 7.48. The maximum absolute atomic E-state index is 13.2. The van der Waals surface area contributed by atoms with Gasteiger partial charge in [-0.1, -0.05) is 19.1 Å². The van der Waals surface area contributed by atoms with E-state index in [1.165, 1.54) is 12.8 Å². The van der Waals surface area contributed by atoms with E-state index < -0.39 is 0 Å². The number of likely N-dealkylation sites (tertiary alicyclic amines) is 1. The first-order chi connectivity index (χ1) is 12.1. The van der Waals surface area contributed by atoms with Gasteiger partial charge in [-0.25, -0.2) is 0 Å². The topological polar surface area (TPSA) is 47.0 Å². The highest BCUT2D eigenvalue weighted by Gasteiger charge is 2.36. The summed E-state index contributed by atoms with van der Waals surface area (Å²) in [4.78, 5) is 19.7. The molecule has 0 aromatic heterocycles. The summed E-state index contributed by atoms with van der Waals surface area (Å²) in [5.41, 5.74) is 1.88. The van der Waals surface area contributed by atoms with Crippen LogP contribution < -0.4 is 4.90 Å². The van der Waals surface area contributed by atoms with Gasteiger partial charge < -0.3 is 19.8 Å². The number of nitrogens with zero attached hydrogens (tertiary/aromatic N) is 3. The van der Waals surface area contributed by atoms with Crippen LogP contribution in [0.3, 0.4) is 0 Å². The van der Waals surface area contributed by atoms with E-state index in [4.69, 9.17) is 0 Å². The van der Waals surface area contributed by atoms with E-state index >= 15 is 0 Å². The van der Waals surface area contributed by atoms with Gasteiger partial charge in [0, 0.05) is 50.9 Å². The lowest BCUT2D eigenvalue weighted by molar-refractivity contribution is 0.0780. The van der Waals surface area contributed by atoms with Crippen molar-refractivity contribution in [3.8, 4) is 0 Å². The number of carbonyl (C=O) groups excluding carboxylic acids is 1. The largest absolute Gasteiger partial charge is 0.396 e. The Morgan fingerprint density at radius 1 is 1.20 bits per heavy atom. The Labute approximate surface area is 151 Å². The summed E-state index contributed by atoms with van der Waals surface area (Å²) in [6.07, 6.45) is 2.40. The van der Waals surface area contributed by atoms with Crippen LogP contribution in [0.25, 0.3) is 0 Å². The fourth-order valence-electron chi connectivity index (χ4n) is 4.11. The van der Waals surface area contributed by atoms with E-state index in [-0.39, 0.29) is 18.4 Å². The Bertz CT molecular complexity index is 586. The van der Waals surface area contributed by atoms with Crippen LogP contribution in [0.1, 0.15) is 30.1 Å². The molecule has 2 saturated heterocycles. The molecule has 0 spiro atoms. The lowest BCUT2D eigenvalue weighted by Crippen LogP contribution is -2.33. The number of aliphatic hydroxyl groups is 1. The van der Waals surface area contributed by atoms with Crippen molar-refractivity contribution in [3.63, 3.8) is 0 Å². The smallest absolute Gasteiger partial charge is 0.255 e. The Hall–Kier alpha value is -1.59.